The maximum atomic E-state index is 10.6. The Morgan fingerprint density at radius 2 is 2.00 bits per heavy atom. The molecule has 1 saturated heterocycles. The van der Waals surface area contributed by atoms with Gasteiger partial charge in [0.05, 0.1) is 7.05 Å². The van der Waals surface area contributed by atoms with Crippen molar-refractivity contribution in [3.63, 3.8) is 0 Å². The summed E-state index contributed by atoms with van der Waals surface area (Å²) in [6.07, 6.45) is -0.721. The summed E-state index contributed by atoms with van der Waals surface area (Å²) in [5.41, 5.74) is 0. The van der Waals surface area contributed by atoms with Crippen LogP contribution in [0.15, 0.2) is 0 Å². The highest BCUT2D eigenvalue weighted by atomic mass is 16.4. The SMILES string of the molecule is C[N+]1(C(=O)O)CCNCC1. The van der Waals surface area contributed by atoms with Crippen molar-refractivity contribution in [2.75, 3.05) is 33.2 Å². The van der Waals surface area contributed by atoms with Crippen molar-refractivity contribution in [1.82, 2.24) is 5.32 Å². The number of amides is 1. The van der Waals surface area contributed by atoms with Gasteiger partial charge in [-0.2, -0.15) is 4.79 Å². The van der Waals surface area contributed by atoms with Crippen LogP contribution in [0.1, 0.15) is 0 Å². The zero-order valence-corrected chi connectivity index (χ0v) is 6.13. The summed E-state index contributed by atoms with van der Waals surface area (Å²) in [4.78, 5) is 10.6. The lowest BCUT2D eigenvalue weighted by molar-refractivity contribution is -0.839. The fourth-order valence-corrected chi connectivity index (χ4v) is 1.08. The maximum absolute atomic E-state index is 10.6. The van der Waals surface area contributed by atoms with Crippen molar-refractivity contribution in [1.29, 1.82) is 0 Å². The summed E-state index contributed by atoms with van der Waals surface area (Å²) >= 11 is 0. The third kappa shape index (κ3) is 1.27. The lowest BCUT2D eigenvalue weighted by Crippen LogP contribution is -2.58. The van der Waals surface area contributed by atoms with Crippen LogP contribution in [0.5, 0.6) is 0 Å². The van der Waals surface area contributed by atoms with Crippen molar-refractivity contribution in [2.45, 2.75) is 0 Å². The minimum absolute atomic E-state index is 0.160. The number of quaternary nitrogens is 1. The summed E-state index contributed by atoms with van der Waals surface area (Å²) in [5, 5.41) is 11.9. The highest BCUT2D eigenvalue weighted by Gasteiger charge is 2.32. The Morgan fingerprint density at radius 1 is 1.50 bits per heavy atom. The molecular formula is C6H13N2O2+. The Kier molecular flexibility index (Phi) is 1.92. The molecule has 1 heterocycles. The van der Waals surface area contributed by atoms with Crippen LogP contribution in [0.4, 0.5) is 4.79 Å². The summed E-state index contributed by atoms with van der Waals surface area (Å²) in [7, 11) is 1.75. The first-order valence-electron chi connectivity index (χ1n) is 3.44. The molecule has 0 atom stereocenters. The van der Waals surface area contributed by atoms with Crippen molar-refractivity contribution in [3.05, 3.63) is 0 Å². The molecule has 0 aromatic carbocycles. The van der Waals surface area contributed by atoms with Crippen LogP contribution >= 0.6 is 0 Å². The van der Waals surface area contributed by atoms with Crippen LogP contribution < -0.4 is 5.32 Å². The molecule has 0 bridgehead atoms. The second-order valence-corrected chi connectivity index (χ2v) is 2.88. The molecule has 0 saturated carbocycles. The second-order valence-electron chi connectivity index (χ2n) is 2.88. The number of carbonyl (C=O) groups is 1. The van der Waals surface area contributed by atoms with E-state index in [2.05, 4.69) is 5.32 Å². The van der Waals surface area contributed by atoms with Crippen molar-refractivity contribution in [2.24, 2.45) is 0 Å². The first-order valence-corrected chi connectivity index (χ1v) is 3.44. The Balaban J connectivity index is 2.56. The third-order valence-corrected chi connectivity index (χ3v) is 2.03. The molecule has 0 aromatic rings. The highest BCUT2D eigenvalue weighted by molar-refractivity contribution is 5.56. The van der Waals surface area contributed by atoms with Gasteiger partial charge < -0.3 is 10.4 Å². The van der Waals surface area contributed by atoms with Gasteiger partial charge in [-0.3, -0.25) is 0 Å². The summed E-state index contributed by atoms with van der Waals surface area (Å²) < 4.78 is 0.160. The Bertz CT molecular complexity index is 141. The quantitative estimate of drug-likeness (QED) is 0.461. The molecule has 2 N–H and O–H groups in total. The number of nitrogens with zero attached hydrogens (tertiary/aromatic N) is 1. The van der Waals surface area contributed by atoms with E-state index in [1.165, 1.54) is 0 Å². The van der Waals surface area contributed by atoms with Gasteiger partial charge in [0.15, 0.2) is 0 Å². The predicted molar refractivity (Wildman–Crippen MR) is 36.8 cm³/mol. The predicted octanol–water partition coefficient (Wildman–Crippen LogP) is -0.286. The third-order valence-electron chi connectivity index (χ3n) is 2.03. The van der Waals surface area contributed by atoms with E-state index in [1.54, 1.807) is 7.05 Å². The van der Waals surface area contributed by atoms with E-state index in [1.807, 2.05) is 0 Å². The molecule has 58 valence electrons. The van der Waals surface area contributed by atoms with Gasteiger partial charge in [0.25, 0.3) is 0 Å². The molecule has 0 radical (unpaired) electrons. The van der Waals surface area contributed by atoms with Gasteiger partial charge in [0, 0.05) is 13.1 Å². The zero-order chi connectivity index (χ0) is 7.61. The van der Waals surface area contributed by atoms with Crippen LogP contribution in [0.25, 0.3) is 0 Å². The number of rotatable bonds is 0. The molecule has 10 heavy (non-hydrogen) atoms. The maximum Gasteiger partial charge on any atom is 0.513 e. The van der Waals surface area contributed by atoms with Crippen molar-refractivity contribution < 1.29 is 14.4 Å². The van der Waals surface area contributed by atoms with E-state index < -0.39 is 6.09 Å². The van der Waals surface area contributed by atoms with Gasteiger partial charge in [0.2, 0.25) is 0 Å². The number of hydrogen-bond donors (Lipinski definition) is 2. The smallest absolute Gasteiger partial charge is 0.435 e. The van der Waals surface area contributed by atoms with Crippen LogP contribution in [0, 0.1) is 0 Å². The number of nitrogens with one attached hydrogen (secondary N) is 1. The molecule has 1 rings (SSSR count). The standard InChI is InChI=1S/C6H12N2O2/c1-8(6(9)10)4-2-7-3-5-8/h7H,2-5H2,1H3/p+1. The number of hydrogen-bond acceptors (Lipinski definition) is 2. The van der Waals surface area contributed by atoms with Crippen molar-refractivity contribution >= 4 is 6.09 Å². The molecular weight excluding hydrogens is 132 g/mol. The van der Waals surface area contributed by atoms with E-state index >= 15 is 0 Å². The molecule has 4 nitrogen and oxygen atoms in total. The Labute approximate surface area is 60.0 Å². The minimum atomic E-state index is -0.721. The van der Waals surface area contributed by atoms with Gasteiger partial charge >= 0.3 is 6.09 Å². The molecule has 0 spiro atoms. The zero-order valence-electron chi connectivity index (χ0n) is 6.13. The van der Waals surface area contributed by atoms with Crippen LogP contribution in [0.3, 0.4) is 0 Å². The van der Waals surface area contributed by atoms with Crippen molar-refractivity contribution in [3.8, 4) is 0 Å². The number of likely N-dealkylation sites (N-methyl/N-ethyl adjacent to an activating group) is 1. The molecule has 1 amide bonds. The highest BCUT2D eigenvalue weighted by Crippen LogP contribution is 2.03. The molecule has 0 unspecified atom stereocenters. The number of carboxylic acid groups (broad SMARTS) is 1. The average Bonchev–Trinajstić information content (AvgIpc) is 1.89. The Morgan fingerprint density at radius 3 is 2.30 bits per heavy atom. The summed E-state index contributed by atoms with van der Waals surface area (Å²) in [5.74, 6) is 0. The molecule has 0 aliphatic carbocycles. The fourth-order valence-electron chi connectivity index (χ4n) is 1.08. The fraction of sp³-hybridized carbons (Fsp3) is 0.833. The number of piperazine rings is 1. The summed E-state index contributed by atoms with van der Waals surface area (Å²) in [6, 6.07) is 0. The van der Waals surface area contributed by atoms with E-state index in [-0.39, 0.29) is 4.48 Å². The first-order chi connectivity index (χ1) is 4.65. The van der Waals surface area contributed by atoms with Gasteiger partial charge in [-0.05, 0) is 0 Å². The van der Waals surface area contributed by atoms with Crippen LogP contribution in [0.2, 0.25) is 0 Å². The lowest BCUT2D eigenvalue weighted by atomic mass is 10.3. The molecule has 1 fully saturated rings. The summed E-state index contributed by atoms with van der Waals surface area (Å²) in [6.45, 7) is 3.00. The van der Waals surface area contributed by atoms with Gasteiger partial charge in [-0.15, -0.1) is 0 Å². The van der Waals surface area contributed by atoms with E-state index in [0.29, 0.717) is 13.1 Å². The molecule has 1 aliphatic rings. The lowest BCUT2D eigenvalue weighted by Gasteiger charge is -2.31. The molecule has 4 heteroatoms. The van der Waals surface area contributed by atoms with Gasteiger partial charge in [0.1, 0.15) is 13.1 Å². The largest absolute Gasteiger partial charge is 0.513 e. The minimum Gasteiger partial charge on any atom is -0.435 e. The van der Waals surface area contributed by atoms with Gasteiger partial charge in [-0.25, -0.2) is 4.48 Å². The second kappa shape index (κ2) is 2.56. The van der Waals surface area contributed by atoms with E-state index in [9.17, 15) is 4.79 Å². The van der Waals surface area contributed by atoms with Crippen LogP contribution in [-0.4, -0.2) is 48.9 Å². The monoisotopic (exact) mass is 145 g/mol. The van der Waals surface area contributed by atoms with E-state index in [4.69, 9.17) is 5.11 Å². The average molecular weight is 145 g/mol. The van der Waals surface area contributed by atoms with Crippen LogP contribution in [-0.2, 0) is 0 Å². The molecule has 0 aromatic heterocycles. The van der Waals surface area contributed by atoms with Gasteiger partial charge in [-0.1, -0.05) is 0 Å². The Hall–Kier alpha value is -0.610. The normalized spacial score (nSPS) is 24.1. The van der Waals surface area contributed by atoms with E-state index in [0.717, 1.165) is 13.1 Å². The first kappa shape index (κ1) is 7.50. The topological polar surface area (TPSA) is 49.3 Å². The molecule has 1 aliphatic heterocycles.